The predicted octanol–water partition coefficient (Wildman–Crippen LogP) is -0.384. The Morgan fingerprint density at radius 2 is 1.88 bits per heavy atom. The lowest BCUT2D eigenvalue weighted by atomic mass is 10.2. The van der Waals surface area contributed by atoms with Crippen LogP contribution in [-0.2, 0) is 9.53 Å². The first-order valence-electron chi connectivity index (χ1n) is 4.94. The number of hydrogen-bond donors (Lipinski definition) is 1. The van der Waals surface area contributed by atoms with Crippen LogP contribution in [0.2, 0.25) is 0 Å². The number of carbonyl (C=O) groups is 1. The fourth-order valence-electron chi connectivity index (χ4n) is 1.19. The molecule has 16 heavy (non-hydrogen) atoms. The van der Waals surface area contributed by atoms with Gasteiger partial charge in [-0.15, -0.1) is 0 Å². The molecule has 0 saturated carbocycles. The summed E-state index contributed by atoms with van der Waals surface area (Å²) >= 11 is 0. The fourth-order valence-corrected chi connectivity index (χ4v) is 1.19. The van der Waals surface area contributed by atoms with E-state index < -0.39 is 6.04 Å². The molecule has 1 amide bonds. The second-order valence-electron chi connectivity index (χ2n) is 3.20. The standard InChI is InChI=1S/C10H16N4O2/c1-16-8-9(13)10(15)14(6-2-4-11)7-3-5-12/h9H,2-3,6-8,13H2,1H3. The maximum absolute atomic E-state index is 11.7. The van der Waals surface area contributed by atoms with Crippen molar-refractivity contribution in [2.24, 2.45) is 5.73 Å². The summed E-state index contributed by atoms with van der Waals surface area (Å²) in [7, 11) is 1.46. The third-order valence-electron chi connectivity index (χ3n) is 1.96. The van der Waals surface area contributed by atoms with Gasteiger partial charge in [0.1, 0.15) is 6.04 Å². The van der Waals surface area contributed by atoms with Crippen LogP contribution in [0.15, 0.2) is 0 Å². The van der Waals surface area contributed by atoms with Crippen molar-refractivity contribution in [2.75, 3.05) is 26.8 Å². The minimum absolute atomic E-state index is 0.133. The molecule has 0 aliphatic rings. The Kier molecular flexibility index (Phi) is 7.78. The maximum Gasteiger partial charge on any atom is 0.241 e. The maximum atomic E-state index is 11.7. The smallest absolute Gasteiger partial charge is 0.241 e. The Bertz CT molecular complexity index is 274. The normalized spacial score (nSPS) is 11.2. The van der Waals surface area contributed by atoms with E-state index in [2.05, 4.69) is 0 Å². The van der Waals surface area contributed by atoms with E-state index in [-0.39, 0.29) is 25.4 Å². The highest BCUT2D eigenvalue weighted by Crippen LogP contribution is 1.98. The lowest BCUT2D eigenvalue weighted by Crippen LogP contribution is -2.46. The van der Waals surface area contributed by atoms with Crippen molar-refractivity contribution in [3.05, 3.63) is 0 Å². The number of carbonyl (C=O) groups excluding carboxylic acids is 1. The highest BCUT2D eigenvalue weighted by Gasteiger charge is 2.20. The quantitative estimate of drug-likeness (QED) is 0.634. The third-order valence-corrected chi connectivity index (χ3v) is 1.96. The number of rotatable bonds is 7. The van der Waals surface area contributed by atoms with Crippen molar-refractivity contribution in [1.82, 2.24) is 4.90 Å². The summed E-state index contributed by atoms with van der Waals surface area (Å²) in [5.41, 5.74) is 5.59. The van der Waals surface area contributed by atoms with Crippen molar-refractivity contribution >= 4 is 5.91 Å². The summed E-state index contributed by atoms with van der Waals surface area (Å²) in [5.74, 6) is -0.285. The second kappa shape index (κ2) is 8.66. The zero-order valence-electron chi connectivity index (χ0n) is 9.35. The van der Waals surface area contributed by atoms with Crippen LogP contribution < -0.4 is 5.73 Å². The number of amides is 1. The molecule has 1 atom stereocenters. The minimum atomic E-state index is -0.734. The van der Waals surface area contributed by atoms with Gasteiger partial charge in [0.25, 0.3) is 0 Å². The van der Waals surface area contributed by atoms with E-state index in [1.807, 2.05) is 12.1 Å². The molecule has 0 aromatic rings. The molecule has 0 radical (unpaired) electrons. The molecule has 6 heteroatoms. The van der Waals surface area contributed by atoms with Crippen LogP contribution in [0.4, 0.5) is 0 Å². The van der Waals surface area contributed by atoms with Gasteiger partial charge in [-0.3, -0.25) is 4.79 Å². The first-order valence-corrected chi connectivity index (χ1v) is 4.94. The summed E-state index contributed by atoms with van der Waals surface area (Å²) < 4.78 is 4.78. The second-order valence-corrected chi connectivity index (χ2v) is 3.20. The topological polar surface area (TPSA) is 103 Å². The molecule has 6 nitrogen and oxygen atoms in total. The molecule has 1 unspecified atom stereocenters. The monoisotopic (exact) mass is 224 g/mol. The van der Waals surface area contributed by atoms with Gasteiger partial charge in [-0.25, -0.2) is 0 Å². The minimum Gasteiger partial charge on any atom is -0.383 e. The number of ether oxygens (including phenoxy) is 1. The average molecular weight is 224 g/mol. The lowest BCUT2D eigenvalue weighted by molar-refractivity contribution is -0.133. The molecular formula is C10H16N4O2. The first kappa shape index (κ1) is 14.4. The zero-order chi connectivity index (χ0) is 12.4. The third kappa shape index (κ3) is 5.30. The number of hydrogen-bond acceptors (Lipinski definition) is 5. The Morgan fingerprint density at radius 1 is 1.38 bits per heavy atom. The van der Waals surface area contributed by atoms with Gasteiger partial charge in [-0.1, -0.05) is 0 Å². The molecular weight excluding hydrogens is 208 g/mol. The molecule has 0 spiro atoms. The molecule has 0 aromatic carbocycles. The Morgan fingerprint density at radius 3 is 2.25 bits per heavy atom. The van der Waals surface area contributed by atoms with Crippen molar-refractivity contribution in [1.29, 1.82) is 10.5 Å². The number of methoxy groups -OCH3 is 1. The van der Waals surface area contributed by atoms with Crippen molar-refractivity contribution in [3.8, 4) is 12.1 Å². The van der Waals surface area contributed by atoms with Crippen LogP contribution in [0.3, 0.4) is 0 Å². The molecule has 0 aromatic heterocycles. The van der Waals surface area contributed by atoms with Gasteiger partial charge >= 0.3 is 0 Å². The van der Waals surface area contributed by atoms with Gasteiger partial charge in [-0.2, -0.15) is 10.5 Å². The lowest BCUT2D eigenvalue weighted by Gasteiger charge is -2.23. The van der Waals surface area contributed by atoms with Gasteiger partial charge in [0.2, 0.25) is 5.91 Å². The Balaban J connectivity index is 4.31. The summed E-state index contributed by atoms with van der Waals surface area (Å²) in [5, 5.41) is 16.9. The van der Waals surface area contributed by atoms with Gasteiger partial charge < -0.3 is 15.4 Å². The predicted molar refractivity (Wildman–Crippen MR) is 56.9 cm³/mol. The molecule has 0 rings (SSSR count). The molecule has 0 aliphatic heterocycles. The molecule has 0 bridgehead atoms. The Labute approximate surface area is 95.2 Å². The van der Waals surface area contributed by atoms with Crippen LogP contribution in [0, 0.1) is 22.7 Å². The molecule has 0 saturated heterocycles. The number of nitrogens with two attached hydrogens (primary N) is 1. The highest BCUT2D eigenvalue weighted by molar-refractivity contribution is 5.81. The van der Waals surface area contributed by atoms with E-state index in [1.54, 1.807) is 0 Å². The highest BCUT2D eigenvalue weighted by atomic mass is 16.5. The molecule has 2 N–H and O–H groups in total. The van der Waals surface area contributed by atoms with Crippen molar-refractivity contribution in [2.45, 2.75) is 18.9 Å². The van der Waals surface area contributed by atoms with E-state index in [4.69, 9.17) is 21.0 Å². The largest absolute Gasteiger partial charge is 0.383 e. The molecule has 88 valence electrons. The van der Waals surface area contributed by atoms with E-state index in [9.17, 15) is 4.79 Å². The van der Waals surface area contributed by atoms with Crippen LogP contribution in [-0.4, -0.2) is 43.7 Å². The van der Waals surface area contributed by atoms with E-state index in [1.165, 1.54) is 12.0 Å². The summed E-state index contributed by atoms with van der Waals surface area (Å²) in [6.07, 6.45) is 0.466. The van der Waals surface area contributed by atoms with Gasteiger partial charge in [-0.05, 0) is 0 Å². The summed E-state index contributed by atoms with van der Waals surface area (Å²) in [6.45, 7) is 0.733. The van der Waals surface area contributed by atoms with Crippen LogP contribution >= 0.6 is 0 Å². The fraction of sp³-hybridized carbons (Fsp3) is 0.700. The van der Waals surface area contributed by atoms with Gasteiger partial charge in [0, 0.05) is 20.2 Å². The molecule has 0 heterocycles. The van der Waals surface area contributed by atoms with E-state index >= 15 is 0 Å². The summed E-state index contributed by atoms with van der Waals surface area (Å²) in [4.78, 5) is 13.2. The van der Waals surface area contributed by atoms with Crippen molar-refractivity contribution in [3.63, 3.8) is 0 Å². The number of nitrogens with zero attached hydrogens (tertiary/aromatic N) is 3. The number of nitriles is 2. The van der Waals surface area contributed by atoms with Crippen LogP contribution in [0.1, 0.15) is 12.8 Å². The van der Waals surface area contributed by atoms with Crippen molar-refractivity contribution < 1.29 is 9.53 Å². The van der Waals surface area contributed by atoms with E-state index in [0.717, 1.165) is 0 Å². The molecule has 0 fully saturated rings. The SMILES string of the molecule is COCC(N)C(=O)N(CCC#N)CCC#N. The molecule has 0 aliphatic carbocycles. The van der Waals surface area contributed by atoms with Crippen LogP contribution in [0.25, 0.3) is 0 Å². The van der Waals surface area contributed by atoms with Crippen LogP contribution in [0.5, 0.6) is 0 Å². The first-order chi connectivity index (χ1) is 7.67. The summed E-state index contributed by atoms with van der Waals surface area (Å²) in [6, 6.07) is 3.17. The van der Waals surface area contributed by atoms with Gasteiger partial charge in [0.15, 0.2) is 0 Å². The zero-order valence-corrected chi connectivity index (χ0v) is 9.35. The van der Waals surface area contributed by atoms with E-state index in [0.29, 0.717) is 13.1 Å². The van der Waals surface area contributed by atoms with Gasteiger partial charge in [0.05, 0.1) is 31.6 Å². The Hall–Kier alpha value is -1.63. The average Bonchev–Trinajstić information content (AvgIpc) is 2.29.